The van der Waals surface area contributed by atoms with E-state index in [0.29, 0.717) is 18.0 Å². The second-order valence-corrected chi connectivity index (χ2v) is 7.74. The minimum atomic E-state index is -3.62. The lowest BCUT2D eigenvalue weighted by Crippen LogP contribution is -2.35. The minimum Gasteiger partial charge on any atom is -0.492 e. The van der Waals surface area contributed by atoms with Crippen molar-refractivity contribution < 1.29 is 13.2 Å². The van der Waals surface area contributed by atoms with Crippen LogP contribution in [0.5, 0.6) is 5.75 Å². The van der Waals surface area contributed by atoms with Crippen molar-refractivity contribution in [3.8, 4) is 5.75 Å². The van der Waals surface area contributed by atoms with Gasteiger partial charge in [0.15, 0.2) is 0 Å². The third-order valence-electron chi connectivity index (χ3n) is 3.29. The molecule has 1 aromatic rings. The first-order valence-electron chi connectivity index (χ1n) is 6.83. The van der Waals surface area contributed by atoms with Crippen molar-refractivity contribution in [3.63, 3.8) is 0 Å². The molecule has 0 aliphatic carbocycles. The molecule has 21 heavy (non-hydrogen) atoms. The van der Waals surface area contributed by atoms with Gasteiger partial charge >= 0.3 is 0 Å². The summed E-state index contributed by atoms with van der Waals surface area (Å²) in [6.07, 6.45) is 2.80. The summed E-state index contributed by atoms with van der Waals surface area (Å²) in [5.74, 6) is 1.26. The Kier molecular flexibility index (Phi) is 6.83. The molecule has 120 valence electrons. The molecule has 0 aliphatic heterocycles. The second kappa shape index (κ2) is 7.91. The van der Waals surface area contributed by atoms with E-state index in [-0.39, 0.29) is 10.9 Å². The second-order valence-electron chi connectivity index (χ2n) is 4.79. The Bertz CT molecular complexity index is 561. The fourth-order valence-electron chi connectivity index (χ4n) is 1.86. The monoisotopic (exact) mass is 332 g/mol. The van der Waals surface area contributed by atoms with Crippen LogP contribution in [-0.2, 0) is 10.0 Å². The molecule has 0 bridgehead atoms. The van der Waals surface area contributed by atoms with Crippen molar-refractivity contribution in [1.82, 2.24) is 4.31 Å². The topological polar surface area (TPSA) is 72.6 Å². The number of nitrogens with zero attached hydrogens (tertiary/aromatic N) is 1. The van der Waals surface area contributed by atoms with E-state index in [1.54, 1.807) is 30.9 Å². The molecular weight excluding hydrogens is 308 g/mol. The molecule has 0 fully saturated rings. The maximum absolute atomic E-state index is 12.8. The predicted molar refractivity (Wildman–Crippen MR) is 89.4 cm³/mol. The molecule has 1 aromatic carbocycles. The molecule has 0 spiro atoms. The molecule has 2 N–H and O–H groups in total. The molecule has 0 amide bonds. The van der Waals surface area contributed by atoms with Crippen LogP contribution in [0, 0.1) is 0 Å². The summed E-state index contributed by atoms with van der Waals surface area (Å²) in [6, 6.07) is 4.61. The van der Waals surface area contributed by atoms with Gasteiger partial charge in [-0.15, -0.1) is 0 Å². The first-order valence-corrected chi connectivity index (χ1v) is 9.67. The molecule has 5 nitrogen and oxygen atoms in total. The molecule has 0 aromatic heterocycles. The molecule has 1 atom stereocenters. The first-order chi connectivity index (χ1) is 9.84. The van der Waals surface area contributed by atoms with Gasteiger partial charge in [-0.2, -0.15) is 16.1 Å². The Balaban J connectivity index is 3.14. The number of nitrogen functional groups attached to an aromatic ring is 1. The normalized spacial score (nSPS) is 13.4. The van der Waals surface area contributed by atoms with Crippen LogP contribution in [0.1, 0.15) is 20.3 Å². The number of sulfonamides is 1. The van der Waals surface area contributed by atoms with Gasteiger partial charge in [0, 0.05) is 18.8 Å². The van der Waals surface area contributed by atoms with E-state index in [2.05, 4.69) is 0 Å². The van der Waals surface area contributed by atoms with Gasteiger partial charge in [0.05, 0.1) is 6.61 Å². The lowest BCUT2D eigenvalue weighted by molar-refractivity contribution is 0.327. The molecule has 1 rings (SSSR count). The average molecular weight is 332 g/mol. The van der Waals surface area contributed by atoms with Gasteiger partial charge in [0.1, 0.15) is 10.6 Å². The fourth-order valence-corrected chi connectivity index (χ4v) is 4.00. The highest BCUT2D eigenvalue weighted by Gasteiger charge is 2.28. The van der Waals surface area contributed by atoms with Crippen LogP contribution in [0.15, 0.2) is 23.1 Å². The van der Waals surface area contributed by atoms with Gasteiger partial charge in [-0.3, -0.25) is 0 Å². The summed E-state index contributed by atoms with van der Waals surface area (Å²) in [4.78, 5) is 0.128. The summed E-state index contributed by atoms with van der Waals surface area (Å²) < 4.78 is 32.3. The van der Waals surface area contributed by atoms with Crippen molar-refractivity contribution >= 4 is 27.5 Å². The Labute approximate surface area is 131 Å². The van der Waals surface area contributed by atoms with Crippen LogP contribution in [0.4, 0.5) is 5.69 Å². The Morgan fingerprint density at radius 2 is 2.10 bits per heavy atom. The number of anilines is 1. The maximum atomic E-state index is 12.8. The predicted octanol–water partition coefficient (Wildman–Crippen LogP) is 2.43. The SMILES string of the molecule is CCOc1ccc(N)cc1S(=O)(=O)N(C)C(C)CCSC. The standard InChI is InChI=1S/C14H24N2O3S2/c1-5-19-13-7-6-12(15)10-14(13)21(17,18)16(3)11(2)8-9-20-4/h6-7,10-11H,5,8-9,15H2,1-4H3. The van der Waals surface area contributed by atoms with Crippen molar-refractivity contribution in [3.05, 3.63) is 18.2 Å². The van der Waals surface area contributed by atoms with Gasteiger partial charge < -0.3 is 10.5 Å². The zero-order chi connectivity index (χ0) is 16.0. The fraction of sp³-hybridized carbons (Fsp3) is 0.571. The molecule has 0 aliphatic rings. The van der Waals surface area contributed by atoms with E-state index in [1.807, 2.05) is 20.1 Å². The number of ether oxygens (including phenoxy) is 1. The molecule has 1 unspecified atom stereocenters. The summed E-state index contributed by atoms with van der Waals surface area (Å²) in [5, 5.41) is 0. The lowest BCUT2D eigenvalue weighted by Gasteiger charge is -2.25. The Hall–Kier alpha value is -0.920. The highest BCUT2D eigenvalue weighted by atomic mass is 32.2. The van der Waals surface area contributed by atoms with Gasteiger partial charge in [-0.1, -0.05) is 0 Å². The highest BCUT2D eigenvalue weighted by molar-refractivity contribution is 7.98. The van der Waals surface area contributed by atoms with Crippen LogP contribution >= 0.6 is 11.8 Å². The zero-order valence-corrected chi connectivity index (χ0v) is 14.6. The molecule has 0 saturated heterocycles. The molecule has 0 heterocycles. The van der Waals surface area contributed by atoms with E-state index < -0.39 is 10.0 Å². The first kappa shape index (κ1) is 18.1. The van der Waals surface area contributed by atoms with Crippen LogP contribution in [0.3, 0.4) is 0 Å². The molecule has 7 heteroatoms. The maximum Gasteiger partial charge on any atom is 0.246 e. The van der Waals surface area contributed by atoms with Gasteiger partial charge in [-0.05, 0) is 50.5 Å². The van der Waals surface area contributed by atoms with E-state index in [9.17, 15) is 8.42 Å². The van der Waals surface area contributed by atoms with Crippen molar-refractivity contribution in [2.24, 2.45) is 0 Å². The average Bonchev–Trinajstić information content (AvgIpc) is 2.45. The third kappa shape index (κ3) is 4.52. The van der Waals surface area contributed by atoms with Crippen LogP contribution < -0.4 is 10.5 Å². The number of hydrogen-bond acceptors (Lipinski definition) is 5. The largest absolute Gasteiger partial charge is 0.492 e. The number of rotatable bonds is 8. The van der Waals surface area contributed by atoms with Crippen molar-refractivity contribution in [2.75, 3.05) is 31.4 Å². The highest BCUT2D eigenvalue weighted by Crippen LogP contribution is 2.29. The summed E-state index contributed by atoms with van der Waals surface area (Å²) >= 11 is 1.70. The number of nitrogens with two attached hydrogens (primary N) is 1. The van der Waals surface area contributed by atoms with Crippen LogP contribution in [0.2, 0.25) is 0 Å². The number of benzene rings is 1. The minimum absolute atomic E-state index is 0.0849. The van der Waals surface area contributed by atoms with Gasteiger partial charge in [0.2, 0.25) is 10.0 Å². The molecule has 0 radical (unpaired) electrons. The van der Waals surface area contributed by atoms with E-state index in [1.165, 1.54) is 10.4 Å². The van der Waals surface area contributed by atoms with Crippen molar-refractivity contribution in [2.45, 2.75) is 31.2 Å². The molecule has 0 saturated carbocycles. The van der Waals surface area contributed by atoms with Crippen molar-refractivity contribution in [1.29, 1.82) is 0 Å². The quantitative estimate of drug-likeness (QED) is 0.740. The number of hydrogen-bond donors (Lipinski definition) is 1. The summed E-state index contributed by atoms with van der Waals surface area (Å²) in [7, 11) is -2.03. The zero-order valence-electron chi connectivity index (χ0n) is 13.0. The van der Waals surface area contributed by atoms with Gasteiger partial charge in [-0.25, -0.2) is 8.42 Å². The lowest BCUT2D eigenvalue weighted by atomic mass is 10.3. The summed E-state index contributed by atoms with van der Waals surface area (Å²) in [5.41, 5.74) is 6.14. The smallest absolute Gasteiger partial charge is 0.246 e. The Morgan fingerprint density at radius 1 is 1.43 bits per heavy atom. The van der Waals surface area contributed by atoms with E-state index >= 15 is 0 Å². The van der Waals surface area contributed by atoms with E-state index in [0.717, 1.165) is 12.2 Å². The summed E-state index contributed by atoms with van der Waals surface area (Å²) in [6.45, 7) is 4.12. The van der Waals surface area contributed by atoms with Crippen LogP contribution in [0.25, 0.3) is 0 Å². The Morgan fingerprint density at radius 3 is 2.67 bits per heavy atom. The van der Waals surface area contributed by atoms with E-state index in [4.69, 9.17) is 10.5 Å². The number of thioether (sulfide) groups is 1. The van der Waals surface area contributed by atoms with Gasteiger partial charge in [0.25, 0.3) is 0 Å². The molecular formula is C14H24N2O3S2. The third-order valence-corrected chi connectivity index (χ3v) is 5.92. The van der Waals surface area contributed by atoms with Crippen LogP contribution in [-0.4, -0.2) is 44.4 Å².